The van der Waals surface area contributed by atoms with Gasteiger partial charge in [0.05, 0.1) is 6.10 Å². The lowest BCUT2D eigenvalue weighted by atomic mass is 10.2. The lowest BCUT2D eigenvalue weighted by Gasteiger charge is -2.12. The van der Waals surface area contributed by atoms with Gasteiger partial charge >= 0.3 is 6.03 Å². The summed E-state index contributed by atoms with van der Waals surface area (Å²) in [5, 5.41) is 8.99. The molecular formula is C16H19N3O4. The molecule has 2 heterocycles. The maximum Gasteiger partial charge on any atom is 0.324 e. The Morgan fingerprint density at radius 2 is 2.17 bits per heavy atom. The number of urea groups is 1. The van der Waals surface area contributed by atoms with Crippen LogP contribution in [0.2, 0.25) is 0 Å². The molecule has 1 aromatic heterocycles. The first kappa shape index (κ1) is 15.4. The van der Waals surface area contributed by atoms with Crippen molar-refractivity contribution in [1.29, 1.82) is 0 Å². The highest BCUT2D eigenvalue weighted by molar-refractivity contribution is 5.99. The summed E-state index contributed by atoms with van der Waals surface area (Å²) in [5.41, 5.74) is 0.659. The normalized spacial score (nSPS) is 17.0. The van der Waals surface area contributed by atoms with Gasteiger partial charge in [0.1, 0.15) is 18.1 Å². The summed E-state index contributed by atoms with van der Waals surface area (Å²) in [6.07, 6.45) is 2.32. The van der Waals surface area contributed by atoms with E-state index >= 15 is 0 Å². The van der Waals surface area contributed by atoms with Crippen LogP contribution >= 0.6 is 0 Å². The molecule has 1 atom stereocenters. The summed E-state index contributed by atoms with van der Waals surface area (Å²) < 4.78 is 16.1. The Hall–Kier alpha value is -2.54. The van der Waals surface area contributed by atoms with Gasteiger partial charge in [-0.25, -0.2) is 4.79 Å². The minimum Gasteiger partial charge on any atom is -0.491 e. The fraction of sp³-hybridized carbons (Fsp3) is 0.375. The van der Waals surface area contributed by atoms with Crippen LogP contribution in [0.3, 0.4) is 0 Å². The van der Waals surface area contributed by atoms with E-state index in [1.165, 1.54) is 0 Å². The van der Waals surface area contributed by atoms with Crippen molar-refractivity contribution in [2.75, 3.05) is 23.8 Å². The second-order valence-electron chi connectivity index (χ2n) is 5.37. The van der Waals surface area contributed by atoms with Crippen LogP contribution in [-0.2, 0) is 4.74 Å². The number of nitrogens with zero attached hydrogens (tertiary/aromatic N) is 1. The predicted octanol–water partition coefficient (Wildman–Crippen LogP) is 3.18. The van der Waals surface area contributed by atoms with E-state index in [1.807, 2.05) is 12.1 Å². The molecule has 1 aromatic carbocycles. The summed E-state index contributed by atoms with van der Waals surface area (Å²) >= 11 is 0. The fourth-order valence-corrected chi connectivity index (χ4v) is 2.30. The van der Waals surface area contributed by atoms with Crippen LogP contribution in [0.25, 0.3) is 0 Å². The molecule has 23 heavy (non-hydrogen) atoms. The van der Waals surface area contributed by atoms with Crippen molar-refractivity contribution in [2.45, 2.75) is 25.9 Å². The number of carbonyl (C=O) groups is 1. The van der Waals surface area contributed by atoms with Crippen molar-refractivity contribution in [3.8, 4) is 5.75 Å². The first-order valence-electron chi connectivity index (χ1n) is 7.55. The van der Waals surface area contributed by atoms with Crippen LogP contribution in [0.15, 0.2) is 34.9 Å². The van der Waals surface area contributed by atoms with Crippen molar-refractivity contribution >= 4 is 17.5 Å². The Morgan fingerprint density at radius 1 is 1.35 bits per heavy atom. The molecule has 0 saturated carbocycles. The molecule has 2 N–H and O–H groups in total. The fourth-order valence-electron chi connectivity index (χ4n) is 2.30. The summed E-state index contributed by atoms with van der Waals surface area (Å²) in [4.78, 5) is 11.8. The van der Waals surface area contributed by atoms with Crippen LogP contribution in [-0.4, -0.2) is 30.5 Å². The maximum absolute atomic E-state index is 11.8. The van der Waals surface area contributed by atoms with Gasteiger partial charge in [-0.15, -0.1) is 0 Å². The van der Waals surface area contributed by atoms with Crippen LogP contribution < -0.4 is 15.4 Å². The van der Waals surface area contributed by atoms with E-state index in [0.29, 0.717) is 23.9 Å². The van der Waals surface area contributed by atoms with Gasteiger partial charge in [0.2, 0.25) is 0 Å². The van der Waals surface area contributed by atoms with E-state index in [0.717, 1.165) is 25.2 Å². The highest BCUT2D eigenvalue weighted by Gasteiger charge is 2.15. The number of carbonyl (C=O) groups excluding carboxylic acids is 1. The Kier molecular flexibility index (Phi) is 4.77. The minimum absolute atomic E-state index is 0.185. The number of aromatic nitrogens is 1. The van der Waals surface area contributed by atoms with Crippen molar-refractivity contribution < 1.29 is 18.8 Å². The summed E-state index contributed by atoms with van der Waals surface area (Å²) in [5.74, 6) is 1.75. The van der Waals surface area contributed by atoms with Crippen LogP contribution in [0, 0.1) is 6.92 Å². The van der Waals surface area contributed by atoms with Gasteiger partial charge in [-0.1, -0.05) is 5.16 Å². The lowest BCUT2D eigenvalue weighted by molar-refractivity contribution is 0.0679. The molecule has 0 spiro atoms. The lowest BCUT2D eigenvalue weighted by Crippen LogP contribution is -2.19. The second-order valence-corrected chi connectivity index (χ2v) is 5.37. The molecule has 1 fully saturated rings. The number of hydrogen-bond donors (Lipinski definition) is 2. The number of rotatable bonds is 5. The molecule has 3 rings (SSSR count). The Bertz CT molecular complexity index is 648. The predicted molar refractivity (Wildman–Crippen MR) is 84.8 cm³/mol. The van der Waals surface area contributed by atoms with Crippen LogP contribution in [0.4, 0.5) is 16.3 Å². The van der Waals surface area contributed by atoms with Crippen molar-refractivity contribution in [1.82, 2.24) is 5.16 Å². The number of amides is 2. The highest BCUT2D eigenvalue weighted by atomic mass is 16.5. The topological polar surface area (TPSA) is 85.6 Å². The van der Waals surface area contributed by atoms with Gasteiger partial charge in [0.25, 0.3) is 0 Å². The molecule has 0 bridgehead atoms. The first-order chi connectivity index (χ1) is 11.2. The zero-order chi connectivity index (χ0) is 16.1. The Morgan fingerprint density at radius 3 is 2.83 bits per heavy atom. The molecule has 2 amide bonds. The number of aryl methyl sites for hydroxylation is 1. The zero-order valence-corrected chi connectivity index (χ0v) is 12.9. The number of benzene rings is 1. The molecule has 1 aliphatic rings. The second kappa shape index (κ2) is 7.15. The smallest absolute Gasteiger partial charge is 0.324 e. The molecule has 0 aliphatic carbocycles. The molecule has 0 radical (unpaired) electrons. The van der Waals surface area contributed by atoms with E-state index in [4.69, 9.17) is 14.0 Å². The number of anilines is 2. The van der Waals surface area contributed by atoms with Crippen molar-refractivity contribution in [3.63, 3.8) is 0 Å². The third-order valence-corrected chi connectivity index (χ3v) is 3.44. The van der Waals surface area contributed by atoms with E-state index in [2.05, 4.69) is 15.8 Å². The van der Waals surface area contributed by atoms with Gasteiger partial charge in [0, 0.05) is 18.4 Å². The zero-order valence-electron chi connectivity index (χ0n) is 12.9. The van der Waals surface area contributed by atoms with Gasteiger partial charge in [0.15, 0.2) is 5.82 Å². The summed E-state index contributed by atoms with van der Waals surface area (Å²) in [7, 11) is 0. The molecule has 1 saturated heterocycles. The van der Waals surface area contributed by atoms with Gasteiger partial charge < -0.3 is 19.3 Å². The average Bonchev–Trinajstić information content (AvgIpc) is 3.18. The summed E-state index contributed by atoms with van der Waals surface area (Å²) in [6, 6.07) is 8.43. The standard InChI is InChI=1S/C16H19N3O4/c1-11-9-15(19-23-11)18-16(20)17-12-4-6-13(7-5-12)22-10-14-3-2-8-21-14/h4-7,9,14H,2-3,8,10H2,1H3,(H2,17,18,19,20)/t14-/m0/s1. The maximum atomic E-state index is 11.8. The minimum atomic E-state index is -0.383. The molecule has 7 heteroatoms. The van der Waals surface area contributed by atoms with Gasteiger partial charge in [-0.05, 0) is 44.0 Å². The average molecular weight is 317 g/mol. The first-order valence-corrected chi connectivity index (χ1v) is 7.55. The monoisotopic (exact) mass is 317 g/mol. The molecule has 2 aromatic rings. The molecule has 0 unspecified atom stereocenters. The molecule has 1 aliphatic heterocycles. The van der Waals surface area contributed by atoms with Crippen molar-refractivity contribution in [2.24, 2.45) is 0 Å². The Balaban J connectivity index is 1.47. The third-order valence-electron chi connectivity index (χ3n) is 3.44. The SMILES string of the molecule is Cc1cc(NC(=O)Nc2ccc(OC[C@@H]3CCCO3)cc2)no1. The molecule has 122 valence electrons. The van der Waals surface area contributed by atoms with Crippen molar-refractivity contribution in [3.05, 3.63) is 36.1 Å². The van der Waals surface area contributed by atoms with E-state index in [-0.39, 0.29) is 12.1 Å². The number of ether oxygens (including phenoxy) is 2. The molecular weight excluding hydrogens is 298 g/mol. The summed E-state index contributed by atoms with van der Waals surface area (Å²) in [6.45, 7) is 3.13. The van der Waals surface area contributed by atoms with Crippen LogP contribution in [0.5, 0.6) is 5.75 Å². The van der Waals surface area contributed by atoms with Gasteiger partial charge in [-0.2, -0.15) is 0 Å². The van der Waals surface area contributed by atoms with E-state index in [9.17, 15) is 4.79 Å². The quantitative estimate of drug-likeness (QED) is 0.884. The molecule has 7 nitrogen and oxygen atoms in total. The van der Waals surface area contributed by atoms with Gasteiger partial charge in [-0.3, -0.25) is 5.32 Å². The van der Waals surface area contributed by atoms with E-state index < -0.39 is 0 Å². The highest BCUT2D eigenvalue weighted by Crippen LogP contribution is 2.18. The third kappa shape index (κ3) is 4.46. The number of hydrogen-bond acceptors (Lipinski definition) is 5. The van der Waals surface area contributed by atoms with Crippen LogP contribution in [0.1, 0.15) is 18.6 Å². The number of nitrogens with one attached hydrogen (secondary N) is 2. The largest absolute Gasteiger partial charge is 0.491 e. The van der Waals surface area contributed by atoms with E-state index in [1.54, 1.807) is 25.1 Å². The Labute approximate surface area is 133 Å².